The number of rotatable bonds is 7. The lowest BCUT2D eigenvalue weighted by molar-refractivity contribution is -0.138. The largest absolute Gasteiger partial charge is 0.481 e. The lowest BCUT2D eigenvalue weighted by Gasteiger charge is -2.13. The molecule has 4 nitrogen and oxygen atoms in total. The van der Waals surface area contributed by atoms with Gasteiger partial charge in [0.15, 0.2) is 0 Å². The maximum atomic E-state index is 11.5. The minimum absolute atomic E-state index is 0.0101. The third kappa shape index (κ3) is 6.22. The summed E-state index contributed by atoms with van der Waals surface area (Å²) < 4.78 is 0. The topological polar surface area (TPSA) is 66.4 Å². The van der Waals surface area contributed by atoms with Gasteiger partial charge in [-0.3, -0.25) is 9.59 Å². The fourth-order valence-electron chi connectivity index (χ4n) is 1.38. The van der Waals surface area contributed by atoms with Crippen LogP contribution in [0.25, 0.3) is 0 Å². The van der Waals surface area contributed by atoms with Gasteiger partial charge in [-0.1, -0.05) is 26.3 Å². The highest BCUT2D eigenvalue weighted by atomic mass is 16.4. The summed E-state index contributed by atoms with van der Waals surface area (Å²) >= 11 is 0. The Bertz CT molecular complexity index is 271. The Kier molecular flexibility index (Phi) is 7.25. The van der Waals surface area contributed by atoms with E-state index in [2.05, 4.69) is 5.32 Å². The average Bonchev–Trinajstić information content (AvgIpc) is 2.23. The summed E-state index contributed by atoms with van der Waals surface area (Å²) in [5.74, 6) is -0.913. The van der Waals surface area contributed by atoms with Crippen LogP contribution < -0.4 is 5.32 Å². The molecule has 0 aromatic heterocycles. The van der Waals surface area contributed by atoms with Crippen molar-refractivity contribution >= 4 is 11.9 Å². The summed E-state index contributed by atoms with van der Waals surface area (Å²) in [5.41, 5.74) is 0.688. The van der Waals surface area contributed by atoms with Crippen molar-refractivity contribution in [1.29, 1.82) is 0 Å². The van der Waals surface area contributed by atoms with E-state index in [-0.39, 0.29) is 18.2 Å². The molecule has 0 saturated heterocycles. The number of carboxylic acid groups (broad SMARTS) is 1. The van der Waals surface area contributed by atoms with E-state index in [1.54, 1.807) is 6.92 Å². The molecule has 0 bridgehead atoms. The zero-order chi connectivity index (χ0) is 12.6. The average molecular weight is 227 g/mol. The first-order chi connectivity index (χ1) is 7.51. The molecule has 92 valence electrons. The van der Waals surface area contributed by atoms with Gasteiger partial charge in [0.2, 0.25) is 5.91 Å². The zero-order valence-corrected chi connectivity index (χ0v) is 10.2. The summed E-state index contributed by atoms with van der Waals surface area (Å²) in [6, 6.07) is 0. The maximum Gasteiger partial charge on any atom is 0.303 e. The molecule has 0 aliphatic heterocycles. The molecular formula is C12H21NO3. The molecule has 0 fully saturated rings. The molecule has 1 unspecified atom stereocenters. The number of amides is 1. The molecular weight excluding hydrogens is 206 g/mol. The monoisotopic (exact) mass is 227 g/mol. The van der Waals surface area contributed by atoms with Gasteiger partial charge in [-0.25, -0.2) is 0 Å². The molecule has 0 rings (SSSR count). The highest BCUT2D eigenvalue weighted by molar-refractivity contribution is 5.92. The Morgan fingerprint density at radius 3 is 2.44 bits per heavy atom. The number of hydrogen-bond donors (Lipinski definition) is 2. The van der Waals surface area contributed by atoms with Gasteiger partial charge in [0.05, 0.1) is 0 Å². The fraction of sp³-hybridized carbons (Fsp3) is 0.667. The van der Waals surface area contributed by atoms with Gasteiger partial charge in [-0.2, -0.15) is 0 Å². The molecule has 16 heavy (non-hydrogen) atoms. The number of carbonyl (C=O) groups is 2. The van der Waals surface area contributed by atoms with E-state index in [0.717, 1.165) is 12.8 Å². The summed E-state index contributed by atoms with van der Waals surface area (Å²) in [6.07, 6.45) is 3.54. The highest BCUT2D eigenvalue weighted by Gasteiger charge is 2.12. The van der Waals surface area contributed by atoms with Crippen molar-refractivity contribution in [1.82, 2.24) is 5.32 Å². The molecule has 4 heteroatoms. The van der Waals surface area contributed by atoms with Gasteiger partial charge in [0.1, 0.15) is 0 Å². The molecule has 0 radical (unpaired) electrons. The molecule has 0 spiro atoms. The van der Waals surface area contributed by atoms with Crippen molar-refractivity contribution in [3.63, 3.8) is 0 Å². The second-order valence-electron chi connectivity index (χ2n) is 3.88. The predicted molar refractivity (Wildman–Crippen MR) is 63.1 cm³/mol. The lowest BCUT2D eigenvalue weighted by atomic mass is 10.0. The van der Waals surface area contributed by atoms with E-state index < -0.39 is 5.97 Å². The molecule has 1 amide bonds. The highest BCUT2D eigenvalue weighted by Crippen LogP contribution is 2.07. The summed E-state index contributed by atoms with van der Waals surface area (Å²) in [4.78, 5) is 22.0. The lowest BCUT2D eigenvalue weighted by Crippen LogP contribution is -2.30. The molecule has 2 N–H and O–H groups in total. The second kappa shape index (κ2) is 7.91. The molecule has 0 aliphatic rings. The van der Waals surface area contributed by atoms with Crippen molar-refractivity contribution in [2.45, 2.75) is 40.0 Å². The van der Waals surface area contributed by atoms with Crippen molar-refractivity contribution < 1.29 is 14.7 Å². The Morgan fingerprint density at radius 2 is 2.00 bits per heavy atom. The van der Waals surface area contributed by atoms with Crippen LogP contribution in [0.5, 0.6) is 0 Å². The van der Waals surface area contributed by atoms with Gasteiger partial charge >= 0.3 is 5.97 Å². The normalized spacial score (nSPS) is 13.3. The minimum Gasteiger partial charge on any atom is -0.481 e. The van der Waals surface area contributed by atoms with Crippen molar-refractivity contribution in [3.05, 3.63) is 11.6 Å². The van der Waals surface area contributed by atoms with Crippen LogP contribution in [0.4, 0.5) is 0 Å². The Labute approximate surface area is 96.7 Å². The van der Waals surface area contributed by atoms with Gasteiger partial charge in [-0.15, -0.1) is 0 Å². The van der Waals surface area contributed by atoms with Crippen LogP contribution in [0, 0.1) is 5.92 Å². The second-order valence-corrected chi connectivity index (χ2v) is 3.88. The van der Waals surface area contributed by atoms with Gasteiger partial charge in [0.25, 0.3) is 0 Å². The molecule has 0 saturated carbocycles. The molecule has 0 aromatic rings. The van der Waals surface area contributed by atoms with Gasteiger partial charge in [0, 0.05) is 18.5 Å². The molecule has 0 heterocycles. The predicted octanol–water partition coefficient (Wildman–Crippen LogP) is 1.96. The van der Waals surface area contributed by atoms with E-state index in [4.69, 9.17) is 5.11 Å². The van der Waals surface area contributed by atoms with Crippen LogP contribution in [-0.2, 0) is 9.59 Å². The summed E-state index contributed by atoms with van der Waals surface area (Å²) in [6.45, 7) is 6.08. The van der Waals surface area contributed by atoms with E-state index in [0.29, 0.717) is 12.1 Å². The van der Waals surface area contributed by atoms with E-state index in [1.807, 2.05) is 19.9 Å². The Balaban J connectivity index is 4.06. The SMILES string of the molecule is CC/C=C(/C)C(=O)NCC(CC)CC(=O)O. The standard InChI is InChI=1S/C12H21NO3/c1-4-6-9(3)12(16)13-8-10(5-2)7-11(14)15/h6,10H,4-5,7-8H2,1-3H3,(H,13,16)(H,14,15)/b9-6-. The summed E-state index contributed by atoms with van der Waals surface area (Å²) in [5, 5.41) is 11.4. The minimum atomic E-state index is -0.818. The van der Waals surface area contributed by atoms with Crippen molar-refractivity contribution in [2.24, 2.45) is 5.92 Å². The first kappa shape index (κ1) is 14.7. The van der Waals surface area contributed by atoms with Crippen LogP contribution in [0.1, 0.15) is 40.0 Å². The quantitative estimate of drug-likeness (QED) is 0.653. The van der Waals surface area contributed by atoms with E-state index in [9.17, 15) is 9.59 Å². The maximum absolute atomic E-state index is 11.5. The molecule has 0 aromatic carbocycles. The first-order valence-corrected chi connectivity index (χ1v) is 5.67. The smallest absolute Gasteiger partial charge is 0.303 e. The van der Waals surface area contributed by atoms with Gasteiger partial charge in [-0.05, 0) is 19.3 Å². The van der Waals surface area contributed by atoms with Crippen LogP contribution >= 0.6 is 0 Å². The number of hydrogen-bond acceptors (Lipinski definition) is 2. The number of nitrogens with one attached hydrogen (secondary N) is 1. The van der Waals surface area contributed by atoms with Crippen LogP contribution in [0.2, 0.25) is 0 Å². The Morgan fingerprint density at radius 1 is 1.38 bits per heavy atom. The number of carbonyl (C=O) groups excluding carboxylic acids is 1. The molecule has 1 atom stereocenters. The zero-order valence-electron chi connectivity index (χ0n) is 10.2. The van der Waals surface area contributed by atoms with Crippen molar-refractivity contribution in [2.75, 3.05) is 6.54 Å². The fourth-order valence-corrected chi connectivity index (χ4v) is 1.38. The number of allylic oxidation sites excluding steroid dienone is 1. The Hall–Kier alpha value is -1.32. The number of aliphatic carboxylic acids is 1. The van der Waals surface area contributed by atoms with Gasteiger partial charge < -0.3 is 10.4 Å². The van der Waals surface area contributed by atoms with Crippen LogP contribution in [-0.4, -0.2) is 23.5 Å². The van der Waals surface area contributed by atoms with E-state index in [1.165, 1.54) is 0 Å². The third-order valence-electron chi connectivity index (χ3n) is 2.46. The molecule has 0 aliphatic carbocycles. The van der Waals surface area contributed by atoms with Crippen LogP contribution in [0.15, 0.2) is 11.6 Å². The van der Waals surface area contributed by atoms with E-state index >= 15 is 0 Å². The van der Waals surface area contributed by atoms with Crippen LogP contribution in [0.3, 0.4) is 0 Å². The third-order valence-corrected chi connectivity index (χ3v) is 2.46. The number of carboxylic acids is 1. The van der Waals surface area contributed by atoms with Crippen molar-refractivity contribution in [3.8, 4) is 0 Å². The first-order valence-electron chi connectivity index (χ1n) is 5.67. The summed E-state index contributed by atoms with van der Waals surface area (Å²) in [7, 11) is 0.